The van der Waals surface area contributed by atoms with Gasteiger partial charge in [0.15, 0.2) is 0 Å². The number of amides is 1. The van der Waals surface area contributed by atoms with Crippen LogP contribution in [0.4, 0.5) is 0 Å². The quantitative estimate of drug-likeness (QED) is 0.736. The summed E-state index contributed by atoms with van der Waals surface area (Å²) in [7, 11) is 5.65. The minimum Gasteiger partial charge on any atom is -0.385 e. The molecule has 1 atom stereocenters. The highest BCUT2D eigenvalue weighted by Gasteiger charge is 2.13. The van der Waals surface area contributed by atoms with Crippen LogP contribution in [0.3, 0.4) is 0 Å². The molecule has 1 amide bonds. The summed E-state index contributed by atoms with van der Waals surface area (Å²) in [5.74, 6) is -0.137. The molecule has 5 nitrogen and oxygen atoms in total. The summed E-state index contributed by atoms with van der Waals surface area (Å²) in [6.45, 7) is 1.84. The Hall–Kier alpha value is -1.43. The third-order valence-electron chi connectivity index (χ3n) is 3.03. The minimum absolute atomic E-state index is 0.137. The number of carbonyl (C=O) groups excluding carboxylic acids is 1. The van der Waals surface area contributed by atoms with Crippen molar-refractivity contribution in [1.82, 2.24) is 10.2 Å². The highest BCUT2D eigenvalue weighted by molar-refractivity contribution is 5.81. The van der Waals surface area contributed by atoms with Gasteiger partial charge < -0.3 is 20.7 Å². The molecule has 112 valence electrons. The molecule has 1 unspecified atom stereocenters. The number of benzene rings is 1. The maximum absolute atomic E-state index is 11.9. The van der Waals surface area contributed by atoms with E-state index in [1.54, 1.807) is 7.11 Å². The molecule has 0 spiro atoms. The number of ether oxygens (including phenoxy) is 1. The lowest BCUT2D eigenvalue weighted by atomic mass is 10.1. The summed E-state index contributed by atoms with van der Waals surface area (Å²) in [4.78, 5) is 14.0. The second kappa shape index (κ2) is 8.68. The predicted molar refractivity (Wildman–Crippen MR) is 80.1 cm³/mol. The van der Waals surface area contributed by atoms with Gasteiger partial charge >= 0.3 is 0 Å². The maximum atomic E-state index is 11.9. The van der Waals surface area contributed by atoms with E-state index in [4.69, 9.17) is 10.5 Å². The van der Waals surface area contributed by atoms with E-state index in [1.807, 2.05) is 32.3 Å². The molecule has 1 rings (SSSR count). The second-order valence-corrected chi connectivity index (χ2v) is 5.11. The van der Waals surface area contributed by atoms with E-state index in [0.29, 0.717) is 19.6 Å². The number of carbonyl (C=O) groups is 1. The molecule has 1 aromatic rings. The lowest BCUT2D eigenvalue weighted by Gasteiger charge is -2.16. The van der Waals surface area contributed by atoms with Crippen LogP contribution in [0.2, 0.25) is 0 Å². The SMILES string of the molecule is COCCC(N)C(=O)NCc1ccccc1CN(C)C. The first-order valence-corrected chi connectivity index (χ1v) is 6.78. The number of nitrogens with two attached hydrogens (primary N) is 1. The summed E-state index contributed by atoms with van der Waals surface area (Å²) >= 11 is 0. The molecule has 0 aliphatic carbocycles. The topological polar surface area (TPSA) is 67.6 Å². The monoisotopic (exact) mass is 279 g/mol. The Kier molecular flexibility index (Phi) is 7.22. The molecule has 0 saturated heterocycles. The standard InChI is InChI=1S/C15H25N3O2/c1-18(2)11-13-7-5-4-6-12(13)10-17-15(19)14(16)8-9-20-3/h4-7,14H,8-11,16H2,1-3H3,(H,17,19). The van der Waals surface area contributed by atoms with Crippen LogP contribution in [0, 0.1) is 0 Å². The molecule has 0 fully saturated rings. The number of nitrogens with one attached hydrogen (secondary N) is 1. The highest BCUT2D eigenvalue weighted by Crippen LogP contribution is 2.10. The van der Waals surface area contributed by atoms with Crippen LogP contribution in [0.1, 0.15) is 17.5 Å². The van der Waals surface area contributed by atoms with Crippen LogP contribution in [0.15, 0.2) is 24.3 Å². The molecule has 0 radical (unpaired) electrons. The Balaban J connectivity index is 2.54. The second-order valence-electron chi connectivity index (χ2n) is 5.11. The van der Waals surface area contributed by atoms with E-state index >= 15 is 0 Å². The lowest BCUT2D eigenvalue weighted by Crippen LogP contribution is -2.41. The smallest absolute Gasteiger partial charge is 0.237 e. The van der Waals surface area contributed by atoms with Crippen LogP contribution in [0.5, 0.6) is 0 Å². The van der Waals surface area contributed by atoms with Crippen molar-refractivity contribution in [2.75, 3.05) is 27.8 Å². The van der Waals surface area contributed by atoms with Crippen LogP contribution in [-0.4, -0.2) is 44.7 Å². The summed E-state index contributed by atoms with van der Waals surface area (Å²) in [5, 5.41) is 2.88. The molecule has 0 aliphatic rings. The van der Waals surface area contributed by atoms with Crippen molar-refractivity contribution in [2.45, 2.75) is 25.6 Å². The van der Waals surface area contributed by atoms with Crippen LogP contribution in [-0.2, 0) is 22.6 Å². The fraction of sp³-hybridized carbons (Fsp3) is 0.533. The van der Waals surface area contributed by atoms with E-state index in [1.165, 1.54) is 5.56 Å². The van der Waals surface area contributed by atoms with Crippen LogP contribution in [0.25, 0.3) is 0 Å². The van der Waals surface area contributed by atoms with Gasteiger partial charge in [0.1, 0.15) is 0 Å². The molecule has 0 aromatic heterocycles. The Labute approximate surface area is 121 Å². The average Bonchev–Trinajstić information content (AvgIpc) is 2.42. The minimum atomic E-state index is -0.518. The zero-order valence-electron chi connectivity index (χ0n) is 12.6. The van der Waals surface area contributed by atoms with Gasteiger partial charge in [-0.25, -0.2) is 0 Å². The van der Waals surface area contributed by atoms with Crippen molar-refractivity contribution in [3.05, 3.63) is 35.4 Å². The normalized spacial score (nSPS) is 12.4. The summed E-state index contributed by atoms with van der Waals surface area (Å²) in [5.41, 5.74) is 8.12. The first-order chi connectivity index (χ1) is 9.54. The lowest BCUT2D eigenvalue weighted by molar-refractivity contribution is -0.122. The molecule has 3 N–H and O–H groups in total. The van der Waals surface area contributed by atoms with Gasteiger partial charge in [0, 0.05) is 26.8 Å². The van der Waals surface area contributed by atoms with E-state index in [9.17, 15) is 4.79 Å². The van der Waals surface area contributed by atoms with E-state index in [0.717, 1.165) is 12.1 Å². The van der Waals surface area contributed by atoms with Gasteiger partial charge in [-0.3, -0.25) is 4.79 Å². The average molecular weight is 279 g/mol. The van der Waals surface area contributed by atoms with E-state index in [-0.39, 0.29) is 5.91 Å². The van der Waals surface area contributed by atoms with Crippen molar-refractivity contribution >= 4 is 5.91 Å². The summed E-state index contributed by atoms with van der Waals surface area (Å²) in [6, 6.07) is 7.57. The Bertz CT molecular complexity index is 421. The van der Waals surface area contributed by atoms with Gasteiger partial charge in [0.25, 0.3) is 0 Å². The van der Waals surface area contributed by atoms with Crippen LogP contribution >= 0.6 is 0 Å². The van der Waals surface area contributed by atoms with Gasteiger partial charge in [0.05, 0.1) is 6.04 Å². The Morgan fingerprint density at radius 1 is 1.35 bits per heavy atom. The first-order valence-electron chi connectivity index (χ1n) is 6.78. The van der Waals surface area contributed by atoms with Gasteiger partial charge in [-0.15, -0.1) is 0 Å². The molecule has 1 aromatic carbocycles. The fourth-order valence-corrected chi connectivity index (χ4v) is 1.91. The zero-order valence-corrected chi connectivity index (χ0v) is 12.6. The Morgan fingerprint density at radius 3 is 2.60 bits per heavy atom. The van der Waals surface area contributed by atoms with Crippen molar-refractivity contribution in [3.63, 3.8) is 0 Å². The van der Waals surface area contributed by atoms with E-state index < -0.39 is 6.04 Å². The molecule has 5 heteroatoms. The summed E-state index contributed by atoms with van der Waals surface area (Å²) < 4.78 is 4.92. The van der Waals surface area contributed by atoms with Gasteiger partial charge in [0.2, 0.25) is 5.91 Å². The molecular formula is C15H25N3O2. The maximum Gasteiger partial charge on any atom is 0.237 e. The van der Waals surface area contributed by atoms with Crippen LogP contribution < -0.4 is 11.1 Å². The molecule has 20 heavy (non-hydrogen) atoms. The highest BCUT2D eigenvalue weighted by atomic mass is 16.5. The first kappa shape index (κ1) is 16.6. The van der Waals surface area contributed by atoms with Gasteiger partial charge in [-0.05, 0) is 31.6 Å². The fourth-order valence-electron chi connectivity index (χ4n) is 1.91. The number of nitrogens with zero attached hydrogens (tertiary/aromatic N) is 1. The summed E-state index contributed by atoms with van der Waals surface area (Å²) in [6.07, 6.45) is 0.529. The molecule has 0 aliphatic heterocycles. The zero-order chi connectivity index (χ0) is 15.0. The van der Waals surface area contributed by atoms with Gasteiger partial charge in [-0.1, -0.05) is 24.3 Å². The van der Waals surface area contributed by atoms with Crippen molar-refractivity contribution in [3.8, 4) is 0 Å². The molecule has 0 heterocycles. The number of methoxy groups -OCH3 is 1. The number of hydrogen-bond acceptors (Lipinski definition) is 4. The number of rotatable bonds is 8. The predicted octanol–water partition coefficient (Wildman–Crippen LogP) is 0.728. The van der Waals surface area contributed by atoms with E-state index in [2.05, 4.69) is 16.3 Å². The third kappa shape index (κ3) is 5.69. The molecular weight excluding hydrogens is 254 g/mol. The van der Waals surface area contributed by atoms with Crippen molar-refractivity contribution < 1.29 is 9.53 Å². The largest absolute Gasteiger partial charge is 0.385 e. The molecule has 0 saturated carbocycles. The van der Waals surface area contributed by atoms with Crippen molar-refractivity contribution in [1.29, 1.82) is 0 Å². The molecule has 0 bridgehead atoms. The van der Waals surface area contributed by atoms with Gasteiger partial charge in [-0.2, -0.15) is 0 Å². The third-order valence-corrected chi connectivity index (χ3v) is 3.03. The van der Waals surface area contributed by atoms with Crippen molar-refractivity contribution in [2.24, 2.45) is 5.73 Å². The Morgan fingerprint density at radius 2 is 2.00 bits per heavy atom. The number of hydrogen-bond donors (Lipinski definition) is 2.